The zero-order chi connectivity index (χ0) is 15.9. The van der Waals surface area contributed by atoms with Crippen LogP contribution in [0.2, 0.25) is 5.02 Å². The molecule has 0 aromatic heterocycles. The lowest BCUT2D eigenvalue weighted by Crippen LogP contribution is -2.34. The first-order chi connectivity index (χ1) is 10.5. The van der Waals surface area contributed by atoms with Crippen LogP contribution >= 0.6 is 11.6 Å². The molecule has 0 heterocycles. The summed E-state index contributed by atoms with van der Waals surface area (Å²) in [4.78, 5) is 11.8. The molecular formula is C17H18ClFN2O. The lowest BCUT2D eigenvalue weighted by Gasteiger charge is -2.14. The molecule has 3 nitrogen and oxygen atoms in total. The van der Waals surface area contributed by atoms with Crippen molar-refractivity contribution in [3.8, 4) is 0 Å². The molecule has 0 fully saturated rings. The van der Waals surface area contributed by atoms with Crippen LogP contribution in [0.1, 0.15) is 24.1 Å². The van der Waals surface area contributed by atoms with Crippen LogP contribution in [0, 0.1) is 5.82 Å². The Morgan fingerprint density at radius 1 is 1.23 bits per heavy atom. The van der Waals surface area contributed by atoms with Gasteiger partial charge in [-0.05, 0) is 42.3 Å². The van der Waals surface area contributed by atoms with Gasteiger partial charge in [0.1, 0.15) is 5.82 Å². The van der Waals surface area contributed by atoms with Crippen molar-refractivity contribution in [3.05, 3.63) is 70.5 Å². The quantitative estimate of drug-likeness (QED) is 0.856. The first-order valence-corrected chi connectivity index (χ1v) is 7.42. The van der Waals surface area contributed by atoms with Crippen LogP contribution in [0.15, 0.2) is 48.5 Å². The number of hydrogen-bond acceptors (Lipinski definition) is 2. The molecule has 0 bridgehead atoms. The second-order valence-corrected chi connectivity index (χ2v) is 5.50. The molecule has 0 aliphatic carbocycles. The average Bonchev–Trinajstić information content (AvgIpc) is 2.52. The van der Waals surface area contributed by atoms with Gasteiger partial charge >= 0.3 is 0 Å². The van der Waals surface area contributed by atoms with Gasteiger partial charge in [0.2, 0.25) is 5.91 Å². The van der Waals surface area contributed by atoms with Gasteiger partial charge < -0.3 is 10.6 Å². The van der Waals surface area contributed by atoms with E-state index in [9.17, 15) is 9.18 Å². The minimum absolute atomic E-state index is 0.0234. The number of nitrogens with one attached hydrogen (secondary N) is 2. The summed E-state index contributed by atoms with van der Waals surface area (Å²) >= 11 is 5.95. The van der Waals surface area contributed by atoms with E-state index in [0.717, 1.165) is 11.1 Å². The number of halogens is 2. The number of rotatable bonds is 6. The largest absolute Gasteiger partial charge is 0.351 e. The number of benzene rings is 2. The fourth-order valence-corrected chi connectivity index (χ4v) is 2.20. The topological polar surface area (TPSA) is 41.1 Å². The molecule has 2 N–H and O–H groups in total. The van der Waals surface area contributed by atoms with Crippen molar-refractivity contribution in [2.24, 2.45) is 0 Å². The molecule has 2 aromatic carbocycles. The Hall–Kier alpha value is -1.91. The summed E-state index contributed by atoms with van der Waals surface area (Å²) in [5, 5.41) is 6.60. The monoisotopic (exact) mass is 320 g/mol. The molecule has 0 unspecified atom stereocenters. The van der Waals surface area contributed by atoms with Crippen LogP contribution in [-0.2, 0) is 11.3 Å². The summed E-state index contributed by atoms with van der Waals surface area (Å²) in [6.45, 7) is 2.56. The normalized spacial score (nSPS) is 12.0. The molecule has 2 rings (SSSR count). The summed E-state index contributed by atoms with van der Waals surface area (Å²) in [5.41, 5.74) is 1.89. The van der Waals surface area contributed by atoms with Gasteiger partial charge in [-0.2, -0.15) is 0 Å². The van der Waals surface area contributed by atoms with E-state index >= 15 is 0 Å². The van der Waals surface area contributed by atoms with Crippen LogP contribution in [-0.4, -0.2) is 12.5 Å². The summed E-state index contributed by atoms with van der Waals surface area (Å²) in [6, 6.07) is 13.6. The second-order valence-electron chi connectivity index (χ2n) is 5.06. The molecule has 0 saturated heterocycles. The Labute approximate surface area is 134 Å². The van der Waals surface area contributed by atoms with Crippen LogP contribution in [0.4, 0.5) is 4.39 Å². The SMILES string of the molecule is C[C@H](NCC(=O)NCc1ccc(F)cc1)c1cccc(Cl)c1. The Morgan fingerprint density at radius 3 is 2.64 bits per heavy atom. The molecule has 0 aliphatic rings. The van der Waals surface area contributed by atoms with Crippen molar-refractivity contribution >= 4 is 17.5 Å². The third kappa shape index (κ3) is 5.13. The van der Waals surface area contributed by atoms with Crippen molar-refractivity contribution in [2.45, 2.75) is 19.5 Å². The molecule has 1 atom stereocenters. The van der Waals surface area contributed by atoms with E-state index in [2.05, 4.69) is 10.6 Å². The molecule has 1 amide bonds. The maximum absolute atomic E-state index is 12.8. The second kappa shape index (κ2) is 7.92. The lowest BCUT2D eigenvalue weighted by atomic mass is 10.1. The third-order valence-corrected chi connectivity index (χ3v) is 3.56. The molecule has 2 aromatic rings. The highest BCUT2D eigenvalue weighted by molar-refractivity contribution is 6.30. The highest BCUT2D eigenvalue weighted by Gasteiger charge is 2.08. The smallest absolute Gasteiger partial charge is 0.234 e. The van der Waals surface area contributed by atoms with Crippen molar-refractivity contribution < 1.29 is 9.18 Å². The van der Waals surface area contributed by atoms with Gasteiger partial charge in [0, 0.05) is 17.6 Å². The zero-order valence-corrected chi connectivity index (χ0v) is 13.0. The highest BCUT2D eigenvalue weighted by atomic mass is 35.5. The van der Waals surface area contributed by atoms with Crippen molar-refractivity contribution in [1.82, 2.24) is 10.6 Å². The average molecular weight is 321 g/mol. The lowest BCUT2D eigenvalue weighted by molar-refractivity contribution is -0.120. The predicted molar refractivity (Wildman–Crippen MR) is 86.1 cm³/mol. The third-order valence-electron chi connectivity index (χ3n) is 3.32. The minimum atomic E-state index is -0.285. The Balaban J connectivity index is 1.76. The fourth-order valence-electron chi connectivity index (χ4n) is 2.00. The number of hydrogen-bond donors (Lipinski definition) is 2. The van der Waals surface area contributed by atoms with E-state index in [0.29, 0.717) is 11.6 Å². The van der Waals surface area contributed by atoms with Crippen molar-refractivity contribution in [3.63, 3.8) is 0 Å². The highest BCUT2D eigenvalue weighted by Crippen LogP contribution is 2.16. The fraction of sp³-hybridized carbons (Fsp3) is 0.235. The van der Waals surface area contributed by atoms with E-state index in [-0.39, 0.29) is 24.3 Å². The van der Waals surface area contributed by atoms with E-state index in [4.69, 9.17) is 11.6 Å². The van der Waals surface area contributed by atoms with Gasteiger partial charge in [0.05, 0.1) is 6.54 Å². The zero-order valence-electron chi connectivity index (χ0n) is 12.3. The minimum Gasteiger partial charge on any atom is -0.351 e. The Kier molecular flexibility index (Phi) is 5.92. The van der Waals surface area contributed by atoms with E-state index in [1.807, 2.05) is 31.2 Å². The molecule has 22 heavy (non-hydrogen) atoms. The number of carbonyl (C=O) groups excluding carboxylic acids is 1. The summed E-state index contributed by atoms with van der Waals surface area (Å²) in [6.07, 6.45) is 0. The van der Waals surface area contributed by atoms with Crippen LogP contribution in [0.25, 0.3) is 0 Å². The molecule has 0 saturated carbocycles. The van der Waals surface area contributed by atoms with E-state index < -0.39 is 0 Å². The predicted octanol–water partition coefficient (Wildman–Crippen LogP) is 3.45. The molecule has 5 heteroatoms. The summed E-state index contributed by atoms with van der Waals surface area (Å²) in [7, 11) is 0. The van der Waals surface area contributed by atoms with Crippen molar-refractivity contribution in [2.75, 3.05) is 6.54 Å². The van der Waals surface area contributed by atoms with E-state index in [1.165, 1.54) is 12.1 Å². The van der Waals surface area contributed by atoms with Gasteiger partial charge in [0.15, 0.2) is 0 Å². The maximum Gasteiger partial charge on any atom is 0.234 e. The molecule has 116 valence electrons. The number of carbonyl (C=O) groups is 1. The van der Waals surface area contributed by atoms with Crippen LogP contribution in [0.5, 0.6) is 0 Å². The van der Waals surface area contributed by atoms with Gasteiger partial charge in [-0.15, -0.1) is 0 Å². The summed E-state index contributed by atoms with van der Waals surface area (Å²) in [5.74, 6) is -0.398. The first kappa shape index (κ1) is 16.5. The molecule has 0 aliphatic heterocycles. The maximum atomic E-state index is 12.8. The van der Waals surface area contributed by atoms with Gasteiger partial charge in [0.25, 0.3) is 0 Å². The van der Waals surface area contributed by atoms with Crippen molar-refractivity contribution in [1.29, 1.82) is 0 Å². The van der Waals surface area contributed by atoms with Gasteiger partial charge in [-0.3, -0.25) is 4.79 Å². The van der Waals surface area contributed by atoms with Crippen LogP contribution < -0.4 is 10.6 Å². The Morgan fingerprint density at radius 2 is 1.95 bits per heavy atom. The van der Waals surface area contributed by atoms with Crippen LogP contribution in [0.3, 0.4) is 0 Å². The Bertz CT molecular complexity index is 631. The van der Waals surface area contributed by atoms with Gasteiger partial charge in [-0.25, -0.2) is 4.39 Å². The number of amides is 1. The standard InChI is InChI=1S/C17H18ClFN2O/c1-12(14-3-2-4-15(18)9-14)20-11-17(22)21-10-13-5-7-16(19)8-6-13/h2-9,12,20H,10-11H2,1H3,(H,21,22)/t12-/m0/s1. The molecular weight excluding hydrogens is 303 g/mol. The molecule has 0 spiro atoms. The summed E-state index contributed by atoms with van der Waals surface area (Å²) < 4.78 is 12.8. The van der Waals surface area contributed by atoms with E-state index in [1.54, 1.807) is 12.1 Å². The molecule has 0 radical (unpaired) electrons. The first-order valence-electron chi connectivity index (χ1n) is 7.04. The van der Waals surface area contributed by atoms with Gasteiger partial charge in [-0.1, -0.05) is 35.9 Å².